The summed E-state index contributed by atoms with van der Waals surface area (Å²) in [5.41, 5.74) is 3.24. The van der Waals surface area contributed by atoms with Gasteiger partial charge in [0.05, 0.1) is 5.56 Å². The molecular formula is C10H13NO3. The predicted molar refractivity (Wildman–Crippen MR) is 48.1 cm³/mol. The minimum atomic E-state index is -1.42. The molecule has 0 spiro atoms. The third kappa shape index (κ3) is 1.70. The highest BCUT2D eigenvalue weighted by molar-refractivity contribution is 5.77. The Morgan fingerprint density at radius 1 is 1.57 bits per heavy atom. The summed E-state index contributed by atoms with van der Waals surface area (Å²) >= 11 is 0. The second kappa shape index (κ2) is 3.31. The summed E-state index contributed by atoms with van der Waals surface area (Å²) in [6, 6.07) is 4.75. The molecule has 0 heterocycles. The van der Waals surface area contributed by atoms with Crippen LogP contribution in [-0.2, 0) is 10.3 Å². The summed E-state index contributed by atoms with van der Waals surface area (Å²) < 4.78 is 0. The second-order valence-electron chi connectivity index (χ2n) is 3.64. The second-order valence-corrected chi connectivity index (χ2v) is 3.64. The molecule has 1 atom stereocenters. The van der Waals surface area contributed by atoms with Gasteiger partial charge in [-0.1, -0.05) is 11.6 Å². The number of aromatic hydroxyl groups is 1. The molecule has 0 aliphatic heterocycles. The molecule has 0 saturated heterocycles. The third-order valence-corrected chi connectivity index (χ3v) is 2.20. The van der Waals surface area contributed by atoms with E-state index < -0.39 is 11.5 Å². The lowest BCUT2D eigenvalue weighted by Gasteiger charge is -2.23. The Hall–Kier alpha value is -1.55. The lowest BCUT2D eigenvalue weighted by atomic mass is 9.91. The molecule has 0 amide bonds. The summed E-state index contributed by atoms with van der Waals surface area (Å²) in [6.45, 7) is 3.21. The number of carboxylic acid groups (broad SMARTS) is 1. The van der Waals surface area contributed by atoms with Gasteiger partial charge in [-0.05, 0) is 19.1 Å². The lowest BCUT2D eigenvalue weighted by molar-refractivity contribution is -0.489. The molecule has 4 heteroatoms. The SMILES string of the molecule is Cc1ccc(O)c([C@](C)([NH3+])C(=O)[O-])c1. The van der Waals surface area contributed by atoms with Crippen LogP contribution in [0.1, 0.15) is 18.1 Å². The fourth-order valence-electron chi connectivity index (χ4n) is 1.20. The number of quaternary nitrogens is 1. The molecular weight excluding hydrogens is 182 g/mol. The number of carbonyl (C=O) groups is 1. The van der Waals surface area contributed by atoms with Crippen LogP contribution in [0, 0.1) is 6.92 Å². The van der Waals surface area contributed by atoms with Crippen molar-refractivity contribution in [3.05, 3.63) is 29.3 Å². The predicted octanol–water partition coefficient (Wildman–Crippen LogP) is -1.09. The number of aliphatic carboxylic acids is 1. The van der Waals surface area contributed by atoms with Crippen molar-refractivity contribution in [2.45, 2.75) is 19.4 Å². The van der Waals surface area contributed by atoms with Gasteiger partial charge in [0.2, 0.25) is 0 Å². The molecule has 0 aliphatic carbocycles. The molecule has 1 rings (SSSR count). The number of phenolic OH excluding ortho intramolecular Hbond substituents is 1. The highest BCUT2D eigenvalue weighted by Crippen LogP contribution is 2.26. The van der Waals surface area contributed by atoms with Gasteiger partial charge in [-0.3, -0.25) is 0 Å². The highest BCUT2D eigenvalue weighted by Gasteiger charge is 2.30. The highest BCUT2D eigenvalue weighted by atomic mass is 16.4. The normalized spacial score (nSPS) is 14.8. The van der Waals surface area contributed by atoms with E-state index in [9.17, 15) is 15.0 Å². The fraction of sp³-hybridized carbons (Fsp3) is 0.300. The quantitative estimate of drug-likeness (QED) is 0.628. The molecule has 0 unspecified atom stereocenters. The average molecular weight is 195 g/mol. The molecule has 1 aromatic rings. The number of carboxylic acids is 1. The van der Waals surface area contributed by atoms with Crippen molar-refractivity contribution in [2.24, 2.45) is 0 Å². The Bertz CT molecular complexity index is 372. The zero-order chi connectivity index (χ0) is 10.9. The van der Waals surface area contributed by atoms with Crippen LogP contribution in [0.5, 0.6) is 5.75 Å². The smallest absolute Gasteiger partial charge is 0.161 e. The maximum Gasteiger partial charge on any atom is 0.161 e. The van der Waals surface area contributed by atoms with Gasteiger partial charge in [0, 0.05) is 6.92 Å². The van der Waals surface area contributed by atoms with Crippen molar-refractivity contribution in [1.82, 2.24) is 0 Å². The molecule has 4 N–H and O–H groups in total. The van der Waals surface area contributed by atoms with Crippen LogP contribution in [0.4, 0.5) is 0 Å². The van der Waals surface area contributed by atoms with E-state index in [4.69, 9.17) is 0 Å². The molecule has 0 saturated carbocycles. The molecule has 0 fully saturated rings. The number of benzene rings is 1. The first-order chi connectivity index (χ1) is 6.35. The van der Waals surface area contributed by atoms with Crippen LogP contribution in [0.15, 0.2) is 18.2 Å². The van der Waals surface area contributed by atoms with Crippen molar-refractivity contribution in [2.75, 3.05) is 0 Å². The van der Waals surface area contributed by atoms with Crippen LogP contribution in [0.25, 0.3) is 0 Å². The Morgan fingerprint density at radius 2 is 2.14 bits per heavy atom. The van der Waals surface area contributed by atoms with Gasteiger partial charge in [0.1, 0.15) is 11.7 Å². The Balaban J connectivity index is 3.31. The maximum atomic E-state index is 10.8. The van der Waals surface area contributed by atoms with Gasteiger partial charge in [-0.25, -0.2) is 0 Å². The van der Waals surface area contributed by atoms with Crippen molar-refractivity contribution in [1.29, 1.82) is 0 Å². The van der Waals surface area contributed by atoms with Gasteiger partial charge >= 0.3 is 0 Å². The van der Waals surface area contributed by atoms with E-state index in [1.165, 1.54) is 13.0 Å². The van der Waals surface area contributed by atoms with Gasteiger partial charge in [0.15, 0.2) is 5.54 Å². The minimum Gasteiger partial charge on any atom is -0.543 e. The summed E-state index contributed by atoms with van der Waals surface area (Å²) in [5.74, 6) is -1.38. The molecule has 1 aromatic carbocycles. The van der Waals surface area contributed by atoms with Crippen molar-refractivity contribution in [3.8, 4) is 5.75 Å². The zero-order valence-corrected chi connectivity index (χ0v) is 8.20. The summed E-state index contributed by atoms with van der Waals surface area (Å²) in [7, 11) is 0. The van der Waals surface area contributed by atoms with Crippen molar-refractivity contribution >= 4 is 5.97 Å². The molecule has 14 heavy (non-hydrogen) atoms. The van der Waals surface area contributed by atoms with Crippen molar-refractivity contribution in [3.63, 3.8) is 0 Å². The Labute approximate surface area is 82.0 Å². The number of rotatable bonds is 2. The Morgan fingerprint density at radius 3 is 2.64 bits per heavy atom. The third-order valence-electron chi connectivity index (χ3n) is 2.20. The molecule has 4 nitrogen and oxygen atoms in total. The monoisotopic (exact) mass is 195 g/mol. The molecule has 0 radical (unpaired) electrons. The summed E-state index contributed by atoms with van der Waals surface area (Å²) in [4.78, 5) is 10.8. The first-order valence-corrected chi connectivity index (χ1v) is 4.22. The van der Waals surface area contributed by atoms with Crippen LogP contribution >= 0.6 is 0 Å². The topological polar surface area (TPSA) is 88.0 Å². The number of hydrogen-bond donors (Lipinski definition) is 2. The minimum absolute atomic E-state index is 0.0719. The van der Waals surface area contributed by atoms with Crippen LogP contribution < -0.4 is 10.8 Å². The van der Waals surface area contributed by atoms with Gasteiger partial charge in [0.25, 0.3) is 0 Å². The van der Waals surface area contributed by atoms with E-state index in [0.717, 1.165) is 5.56 Å². The van der Waals surface area contributed by atoms with E-state index in [2.05, 4.69) is 5.73 Å². The van der Waals surface area contributed by atoms with E-state index in [0.29, 0.717) is 0 Å². The molecule has 0 aliphatic rings. The van der Waals surface area contributed by atoms with E-state index in [1.54, 1.807) is 12.1 Å². The number of carbonyl (C=O) groups excluding carboxylic acids is 1. The molecule has 0 aromatic heterocycles. The fourth-order valence-corrected chi connectivity index (χ4v) is 1.20. The summed E-state index contributed by atoms with van der Waals surface area (Å²) in [5, 5.41) is 20.3. The first kappa shape index (κ1) is 10.5. The van der Waals surface area contributed by atoms with Crippen LogP contribution in [0.2, 0.25) is 0 Å². The standard InChI is InChI=1S/C10H13NO3/c1-6-3-4-8(12)7(5-6)10(2,11)9(13)14/h3-5,12H,11H2,1-2H3,(H,13,14)/t10-/m0/s1. The maximum absolute atomic E-state index is 10.8. The lowest BCUT2D eigenvalue weighted by Crippen LogP contribution is -2.75. The summed E-state index contributed by atoms with van der Waals surface area (Å²) in [6.07, 6.45) is 0. The number of aryl methyl sites for hydroxylation is 1. The first-order valence-electron chi connectivity index (χ1n) is 4.22. The van der Waals surface area contributed by atoms with Crippen LogP contribution in [-0.4, -0.2) is 11.1 Å². The number of phenols is 1. The zero-order valence-electron chi connectivity index (χ0n) is 8.20. The van der Waals surface area contributed by atoms with Crippen LogP contribution in [0.3, 0.4) is 0 Å². The average Bonchev–Trinajstić information content (AvgIpc) is 2.08. The largest absolute Gasteiger partial charge is 0.543 e. The Kier molecular flexibility index (Phi) is 2.49. The van der Waals surface area contributed by atoms with Gasteiger partial charge in [-0.2, -0.15) is 0 Å². The van der Waals surface area contributed by atoms with Gasteiger partial charge in [-0.15, -0.1) is 0 Å². The molecule has 0 bridgehead atoms. The van der Waals surface area contributed by atoms with E-state index >= 15 is 0 Å². The van der Waals surface area contributed by atoms with Gasteiger partial charge < -0.3 is 20.7 Å². The number of hydrogen-bond acceptors (Lipinski definition) is 3. The van der Waals surface area contributed by atoms with E-state index in [-0.39, 0.29) is 11.3 Å². The van der Waals surface area contributed by atoms with E-state index in [1.807, 2.05) is 6.92 Å². The van der Waals surface area contributed by atoms with Crippen molar-refractivity contribution < 1.29 is 20.7 Å². The molecule has 76 valence electrons.